The summed E-state index contributed by atoms with van der Waals surface area (Å²) in [7, 11) is 0. The van der Waals surface area contributed by atoms with Gasteiger partial charge in [0.1, 0.15) is 11.8 Å². The molecule has 2 rings (SSSR count). The number of amides is 2. The van der Waals surface area contributed by atoms with E-state index in [-0.39, 0.29) is 24.5 Å². The fourth-order valence-corrected chi connectivity index (χ4v) is 2.92. The molecular formula is C23H29ClN2O3. The lowest BCUT2D eigenvalue weighted by atomic mass is 10.1. The van der Waals surface area contributed by atoms with Gasteiger partial charge in [0.05, 0.1) is 0 Å². The van der Waals surface area contributed by atoms with Gasteiger partial charge in [-0.3, -0.25) is 9.59 Å². The quantitative estimate of drug-likeness (QED) is 0.634. The molecule has 2 aromatic carbocycles. The Bertz CT molecular complexity index is 780. The molecular weight excluding hydrogens is 388 g/mol. The lowest BCUT2D eigenvalue weighted by molar-refractivity contribution is -0.141. The van der Waals surface area contributed by atoms with Gasteiger partial charge in [0, 0.05) is 17.6 Å². The number of hydrogen-bond donors (Lipinski definition) is 1. The topological polar surface area (TPSA) is 58.6 Å². The molecule has 0 fully saturated rings. The number of halogens is 1. The van der Waals surface area contributed by atoms with E-state index in [2.05, 4.69) is 5.32 Å². The lowest BCUT2D eigenvalue weighted by Crippen LogP contribution is -2.51. The Balaban J connectivity index is 2.05. The van der Waals surface area contributed by atoms with Crippen molar-refractivity contribution < 1.29 is 14.3 Å². The summed E-state index contributed by atoms with van der Waals surface area (Å²) < 4.78 is 5.61. The molecule has 0 spiro atoms. The zero-order valence-electron chi connectivity index (χ0n) is 17.2. The van der Waals surface area contributed by atoms with Gasteiger partial charge in [-0.15, -0.1) is 0 Å². The maximum absolute atomic E-state index is 12.9. The van der Waals surface area contributed by atoms with Crippen LogP contribution < -0.4 is 10.1 Å². The molecule has 0 saturated carbocycles. The largest absolute Gasteiger partial charge is 0.484 e. The summed E-state index contributed by atoms with van der Waals surface area (Å²) in [6.07, 6.45) is 1.49. The Kier molecular flexibility index (Phi) is 9.00. The first-order valence-corrected chi connectivity index (χ1v) is 10.3. The average Bonchev–Trinajstić information content (AvgIpc) is 2.73. The van der Waals surface area contributed by atoms with E-state index in [1.165, 1.54) is 0 Å². The summed E-state index contributed by atoms with van der Waals surface area (Å²) in [5, 5.41) is 3.56. The Labute approximate surface area is 178 Å². The normalized spacial score (nSPS) is 12.7. The number of benzene rings is 2. The van der Waals surface area contributed by atoms with Gasteiger partial charge in [0.25, 0.3) is 5.91 Å². The summed E-state index contributed by atoms with van der Waals surface area (Å²) >= 11 is 5.88. The van der Waals surface area contributed by atoms with Crippen LogP contribution in [-0.4, -0.2) is 41.9 Å². The highest BCUT2D eigenvalue weighted by molar-refractivity contribution is 6.30. The molecule has 0 aliphatic heterocycles. The number of hydrogen-bond acceptors (Lipinski definition) is 3. The molecule has 1 N–H and O–H groups in total. The molecule has 0 radical (unpaired) electrons. The Hall–Kier alpha value is -2.53. The molecule has 0 aromatic heterocycles. The van der Waals surface area contributed by atoms with E-state index in [1.807, 2.05) is 44.2 Å². The minimum atomic E-state index is -0.589. The van der Waals surface area contributed by atoms with Gasteiger partial charge in [0.15, 0.2) is 6.61 Å². The Morgan fingerprint density at radius 3 is 2.34 bits per heavy atom. The van der Waals surface area contributed by atoms with Gasteiger partial charge in [-0.2, -0.15) is 0 Å². The monoisotopic (exact) mass is 416 g/mol. The number of nitrogens with zero attached hydrogens (tertiary/aromatic N) is 1. The third kappa shape index (κ3) is 7.42. The van der Waals surface area contributed by atoms with Crippen LogP contribution in [0, 0.1) is 0 Å². The first-order valence-electron chi connectivity index (χ1n) is 9.92. The molecule has 0 unspecified atom stereocenters. The van der Waals surface area contributed by atoms with Crippen molar-refractivity contribution in [3.63, 3.8) is 0 Å². The van der Waals surface area contributed by atoms with Gasteiger partial charge >= 0.3 is 0 Å². The predicted molar refractivity (Wildman–Crippen MR) is 116 cm³/mol. The van der Waals surface area contributed by atoms with E-state index < -0.39 is 6.04 Å². The van der Waals surface area contributed by atoms with Crippen molar-refractivity contribution in [2.24, 2.45) is 0 Å². The predicted octanol–water partition coefficient (Wildman–Crippen LogP) is 4.09. The van der Waals surface area contributed by atoms with Crippen molar-refractivity contribution in [3.8, 4) is 5.75 Å². The molecule has 156 valence electrons. The minimum absolute atomic E-state index is 0.0568. The van der Waals surface area contributed by atoms with E-state index in [1.54, 1.807) is 36.1 Å². The molecule has 0 aliphatic rings. The third-order valence-electron chi connectivity index (χ3n) is 4.83. The smallest absolute Gasteiger partial charge is 0.261 e. The molecule has 2 atom stereocenters. The summed E-state index contributed by atoms with van der Waals surface area (Å²) in [6, 6.07) is 16.2. The number of nitrogens with one attached hydrogen (secondary N) is 1. The zero-order chi connectivity index (χ0) is 21.2. The van der Waals surface area contributed by atoms with Crippen LogP contribution in [0.4, 0.5) is 0 Å². The number of carbonyl (C=O) groups excluding carboxylic acids is 2. The maximum atomic E-state index is 12.9. The van der Waals surface area contributed by atoms with E-state index in [9.17, 15) is 9.59 Å². The Morgan fingerprint density at radius 2 is 1.72 bits per heavy atom. The van der Waals surface area contributed by atoms with Crippen LogP contribution >= 0.6 is 11.6 Å². The molecule has 29 heavy (non-hydrogen) atoms. The van der Waals surface area contributed by atoms with E-state index >= 15 is 0 Å². The van der Waals surface area contributed by atoms with Crippen LogP contribution in [0.2, 0.25) is 5.02 Å². The highest BCUT2D eigenvalue weighted by atomic mass is 35.5. The van der Waals surface area contributed by atoms with E-state index in [0.717, 1.165) is 12.0 Å². The molecule has 5 nitrogen and oxygen atoms in total. The molecule has 0 heterocycles. The summed E-state index contributed by atoms with van der Waals surface area (Å²) in [4.78, 5) is 27.1. The fourth-order valence-electron chi connectivity index (χ4n) is 2.79. The van der Waals surface area contributed by atoms with Crippen LogP contribution in [0.5, 0.6) is 5.75 Å². The highest BCUT2D eigenvalue weighted by Crippen LogP contribution is 2.16. The Morgan fingerprint density at radius 1 is 1.07 bits per heavy atom. The lowest BCUT2D eigenvalue weighted by Gasteiger charge is -2.29. The minimum Gasteiger partial charge on any atom is -0.484 e. The SMILES string of the molecule is CC[C@@H](C)NC(=O)[C@@H](C)N(CCc1ccccc1)C(=O)COc1ccc(Cl)cc1. The first kappa shape index (κ1) is 22.8. The van der Waals surface area contributed by atoms with Crippen LogP contribution in [0.25, 0.3) is 0 Å². The van der Waals surface area contributed by atoms with E-state index in [0.29, 0.717) is 23.7 Å². The molecule has 0 saturated heterocycles. The third-order valence-corrected chi connectivity index (χ3v) is 5.08. The van der Waals surface area contributed by atoms with E-state index in [4.69, 9.17) is 16.3 Å². The molecule has 6 heteroatoms. The van der Waals surface area contributed by atoms with Gasteiger partial charge in [-0.1, -0.05) is 48.9 Å². The van der Waals surface area contributed by atoms with Crippen molar-refractivity contribution in [2.45, 2.75) is 45.7 Å². The number of rotatable bonds is 10. The van der Waals surface area contributed by atoms with Gasteiger partial charge in [0.2, 0.25) is 5.91 Å². The number of ether oxygens (including phenoxy) is 1. The van der Waals surface area contributed by atoms with Gasteiger partial charge < -0.3 is 15.0 Å². The maximum Gasteiger partial charge on any atom is 0.261 e. The average molecular weight is 417 g/mol. The second-order valence-corrected chi connectivity index (χ2v) is 7.50. The summed E-state index contributed by atoms with van der Waals surface area (Å²) in [5.41, 5.74) is 1.11. The van der Waals surface area contributed by atoms with Crippen LogP contribution in [-0.2, 0) is 16.0 Å². The second-order valence-electron chi connectivity index (χ2n) is 7.06. The van der Waals surface area contributed by atoms with Crippen molar-refractivity contribution in [2.75, 3.05) is 13.2 Å². The van der Waals surface area contributed by atoms with Gasteiger partial charge in [-0.05, 0) is 56.5 Å². The molecule has 2 amide bonds. The number of carbonyl (C=O) groups is 2. The molecule has 2 aromatic rings. The van der Waals surface area contributed by atoms with Crippen molar-refractivity contribution >= 4 is 23.4 Å². The van der Waals surface area contributed by atoms with Crippen molar-refractivity contribution in [1.82, 2.24) is 10.2 Å². The molecule has 0 bridgehead atoms. The standard InChI is InChI=1S/C23H29ClN2O3/c1-4-17(2)25-23(28)18(3)26(15-14-19-8-6-5-7-9-19)22(27)16-29-21-12-10-20(24)11-13-21/h5-13,17-18H,4,14-16H2,1-3H3,(H,25,28)/t17-,18-/m1/s1. The van der Waals surface area contributed by atoms with Crippen molar-refractivity contribution in [3.05, 3.63) is 65.2 Å². The zero-order valence-corrected chi connectivity index (χ0v) is 18.0. The second kappa shape index (κ2) is 11.5. The van der Waals surface area contributed by atoms with Gasteiger partial charge in [-0.25, -0.2) is 0 Å². The summed E-state index contributed by atoms with van der Waals surface area (Å²) in [6.45, 7) is 6.00. The highest BCUT2D eigenvalue weighted by Gasteiger charge is 2.26. The van der Waals surface area contributed by atoms with Crippen molar-refractivity contribution in [1.29, 1.82) is 0 Å². The first-order chi connectivity index (χ1) is 13.9. The van der Waals surface area contributed by atoms with Crippen LogP contribution in [0.15, 0.2) is 54.6 Å². The van der Waals surface area contributed by atoms with Crippen LogP contribution in [0.3, 0.4) is 0 Å². The molecule has 0 aliphatic carbocycles. The van der Waals surface area contributed by atoms with Crippen LogP contribution in [0.1, 0.15) is 32.8 Å². The fraction of sp³-hybridized carbons (Fsp3) is 0.391. The summed E-state index contributed by atoms with van der Waals surface area (Å²) in [5.74, 6) is 0.164.